The monoisotopic (exact) mass is 247 g/mol. The Labute approximate surface area is 107 Å². The Morgan fingerprint density at radius 1 is 1.11 bits per heavy atom. The fourth-order valence-electron chi connectivity index (χ4n) is 1.46. The molecule has 0 saturated heterocycles. The van der Waals surface area contributed by atoms with Gasteiger partial charge in [0, 0.05) is 11.8 Å². The van der Waals surface area contributed by atoms with E-state index >= 15 is 0 Å². The summed E-state index contributed by atoms with van der Waals surface area (Å²) in [5.41, 5.74) is 9.04. The van der Waals surface area contributed by atoms with Crippen LogP contribution in [0.15, 0.2) is 24.5 Å². The van der Waals surface area contributed by atoms with E-state index in [0.29, 0.717) is 17.1 Å². The summed E-state index contributed by atoms with van der Waals surface area (Å²) >= 11 is 0. The number of nitrogen functional groups attached to an aromatic ring is 1. The molecule has 2 heterocycles. The summed E-state index contributed by atoms with van der Waals surface area (Å²) in [5.74, 6) is 0.0929. The van der Waals surface area contributed by atoms with Gasteiger partial charge in [0.2, 0.25) is 0 Å². The Morgan fingerprint density at radius 3 is 2.33 bits per heavy atom. The molecule has 96 valence electrons. The van der Waals surface area contributed by atoms with E-state index in [1.165, 1.54) is 6.07 Å². The van der Waals surface area contributed by atoms with E-state index in [-0.39, 0.29) is 5.82 Å². The van der Waals surface area contributed by atoms with Crippen molar-refractivity contribution in [2.45, 2.75) is 27.7 Å². The van der Waals surface area contributed by atoms with Crippen LogP contribution in [-0.4, -0.2) is 9.97 Å². The molecule has 4 heteroatoms. The van der Waals surface area contributed by atoms with Crippen LogP contribution in [0.4, 0.5) is 10.2 Å². The highest BCUT2D eigenvalue weighted by Crippen LogP contribution is 2.22. The van der Waals surface area contributed by atoms with Gasteiger partial charge in [-0.1, -0.05) is 13.8 Å². The Balaban J connectivity index is 0.000000771. The minimum atomic E-state index is -0.379. The number of aromatic nitrogens is 2. The third-order valence-corrected chi connectivity index (χ3v) is 2.57. The molecule has 0 aromatic carbocycles. The topological polar surface area (TPSA) is 51.8 Å². The lowest BCUT2D eigenvalue weighted by Gasteiger charge is -2.07. The molecule has 0 fully saturated rings. The van der Waals surface area contributed by atoms with Crippen molar-refractivity contribution >= 4 is 5.82 Å². The van der Waals surface area contributed by atoms with Crippen molar-refractivity contribution in [2.24, 2.45) is 0 Å². The molecule has 2 aromatic rings. The van der Waals surface area contributed by atoms with Crippen LogP contribution in [-0.2, 0) is 0 Å². The number of hydrogen-bond acceptors (Lipinski definition) is 3. The highest BCUT2D eigenvalue weighted by atomic mass is 19.1. The van der Waals surface area contributed by atoms with E-state index < -0.39 is 0 Å². The summed E-state index contributed by atoms with van der Waals surface area (Å²) in [4.78, 5) is 8.00. The summed E-state index contributed by atoms with van der Waals surface area (Å²) in [6.45, 7) is 7.86. The average molecular weight is 247 g/mol. The van der Waals surface area contributed by atoms with Crippen molar-refractivity contribution < 1.29 is 4.39 Å². The molecule has 0 unspecified atom stereocenters. The zero-order valence-electron chi connectivity index (χ0n) is 11.2. The first-order valence-electron chi connectivity index (χ1n) is 5.92. The van der Waals surface area contributed by atoms with Gasteiger partial charge in [-0.3, -0.25) is 4.98 Å². The molecule has 0 spiro atoms. The van der Waals surface area contributed by atoms with Gasteiger partial charge >= 0.3 is 0 Å². The van der Waals surface area contributed by atoms with Gasteiger partial charge in [0.15, 0.2) is 0 Å². The molecule has 0 saturated carbocycles. The quantitative estimate of drug-likeness (QED) is 0.839. The molecule has 0 aliphatic rings. The van der Waals surface area contributed by atoms with E-state index in [1.54, 1.807) is 6.20 Å². The van der Waals surface area contributed by atoms with Crippen LogP contribution in [0.3, 0.4) is 0 Å². The standard InChI is InChI=1S/C12H12FN3.C2H6/c1-7-3-11(16-12(14)8(7)2)9-4-10(13)6-15-5-9;1-2/h3-6H,1-2H3,(H2,14,16);1-2H3. The van der Waals surface area contributed by atoms with Crippen LogP contribution in [0.5, 0.6) is 0 Å². The van der Waals surface area contributed by atoms with Gasteiger partial charge < -0.3 is 5.73 Å². The van der Waals surface area contributed by atoms with Crippen LogP contribution < -0.4 is 5.73 Å². The first-order valence-corrected chi connectivity index (χ1v) is 5.92. The molecule has 0 bridgehead atoms. The van der Waals surface area contributed by atoms with Crippen LogP contribution in [0.1, 0.15) is 25.0 Å². The maximum atomic E-state index is 13.0. The van der Waals surface area contributed by atoms with Crippen molar-refractivity contribution in [3.05, 3.63) is 41.5 Å². The number of rotatable bonds is 1. The molecule has 18 heavy (non-hydrogen) atoms. The second-order valence-corrected chi connectivity index (χ2v) is 3.73. The third kappa shape index (κ3) is 3.03. The molecule has 2 N–H and O–H groups in total. The van der Waals surface area contributed by atoms with Gasteiger partial charge in [-0.15, -0.1) is 0 Å². The van der Waals surface area contributed by atoms with Gasteiger partial charge in [-0.25, -0.2) is 9.37 Å². The van der Waals surface area contributed by atoms with Crippen LogP contribution in [0, 0.1) is 19.7 Å². The minimum absolute atomic E-state index is 0.379. The van der Waals surface area contributed by atoms with E-state index in [4.69, 9.17) is 5.73 Å². The van der Waals surface area contributed by atoms with Crippen molar-refractivity contribution in [3.63, 3.8) is 0 Å². The van der Waals surface area contributed by atoms with E-state index in [9.17, 15) is 4.39 Å². The summed E-state index contributed by atoms with van der Waals surface area (Å²) in [6.07, 6.45) is 2.73. The van der Waals surface area contributed by atoms with Crippen molar-refractivity contribution in [1.82, 2.24) is 9.97 Å². The van der Waals surface area contributed by atoms with Crippen molar-refractivity contribution in [1.29, 1.82) is 0 Å². The normalized spacial score (nSPS) is 9.61. The molecule has 2 aromatic heterocycles. The fraction of sp³-hybridized carbons (Fsp3) is 0.286. The Kier molecular flexibility index (Phi) is 4.77. The fourth-order valence-corrected chi connectivity index (χ4v) is 1.46. The zero-order valence-corrected chi connectivity index (χ0v) is 11.2. The van der Waals surface area contributed by atoms with Crippen molar-refractivity contribution in [3.8, 4) is 11.3 Å². The van der Waals surface area contributed by atoms with E-state index in [2.05, 4.69) is 9.97 Å². The van der Waals surface area contributed by atoms with Gasteiger partial charge in [0.05, 0.1) is 11.9 Å². The zero-order chi connectivity index (χ0) is 13.7. The van der Waals surface area contributed by atoms with Crippen LogP contribution >= 0.6 is 0 Å². The summed E-state index contributed by atoms with van der Waals surface area (Å²) in [7, 11) is 0. The SMILES string of the molecule is CC.Cc1cc(-c2cncc(F)c2)nc(N)c1C. The molecular weight excluding hydrogens is 229 g/mol. The molecule has 0 aliphatic carbocycles. The molecular formula is C14H18FN3. The Morgan fingerprint density at radius 2 is 1.78 bits per heavy atom. The molecule has 0 amide bonds. The van der Waals surface area contributed by atoms with Gasteiger partial charge in [-0.05, 0) is 37.1 Å². The predicted molar refractivity (Wildman–Crippen MR) is 72.7 cm³/mol. The molecule has 0 aliphatic heterocycles. The maximum absolute atomic E-state index is 13.0. The Hall–Kier alpha value is -1.97. The first-order chi connectivity index (χ1) is 8.58. The highest BCUT2D eigenvalue weighted by molar-refractivity contribution is 5.62. The Bertz CT molecular complexity index is 515. The number of nitrogens with zero attached hydrogens (tertiary/aromatic N) is 2. The van der Waals surface area contributed by atoms with Gasteiger partial charge in [-0.2, -0.15) is 0 Å². The summed E-state index contributed by atoms with van der Waals surface area (Å²) in [5, 5.41) is 0. The number of halogens is 1. The van der Waals surface area contributed by atoms with Gasteiger partial charge in [0.25, 0.3) is 0 Å². The molecule has 2 rings (SSSR count). The second kappa shape index (κ2) is 6.10. The number of pyridine rings is 2. The average Bonchev–Trinajstić information content (AvgIpc) is 2.38. The summed E-state index contributed by atoms with van der Waals surface area (Å²) < 4.78 is 13.0. The van der Waals surface area contributed by atoms with Crippen molar-refractivity contribution in [2.75, 3.05) is 5.73 Å². The molecule has 0 radical (unpaired) electrons. The van der Waals surface area contributed by atoms with Crippen LogP contribution in [0.25, 0.3) is 11.3 Å². The largest absolute Gasteiger partial charge is 0.383 e. The number of hydrogen-bond donors (Lipinski definition) is 1. The third-order valence-electron chi connectivity index (χ3n) is 2.57. The first kappa shape index (κ1) is 14.1. The maximum Gasteiger partial charge on any atom is 0.142 e. The summed E-state index contributed by atoms with van der Waals surface area (Å²) in [6, 6.07) is 3.27. The lowest BCUT2D eigenvalue weighted by molar-refractivity contribution is 0.622. The second-order valence-electron chi connectivity index (χ2n) is 3.73. The van der Waals surface area contributed by atoms with Crippen LogP contribution in [0.2, 0.25) is 0 Å². The number of anilines is 1. The van der Waals surface area contributed by atoms with Gasteiger partial charge in [0.1, 0.15) is 11.6 Å². The van der Waals surface area contributed by atoms with E-state index in [1.807, 2.05) is 33.8 Å². The predicted octanol–water partition coefficient (Wildman–Crippen LogP) is 3.51. The number of nitrogens with two attached hydrogens (primary N) is 1. The molecule has 0 atom stereocenters. The highest BCUT2D eigenvalue weighted by Gasteiger charge is 2.06. The minimum Gasteiger partial charge on any atom is -0.383 e. The lowest BCUT2D eigenvalue weighted by atomic mass is 10.1. The van der Waals surface area contributed by atoms with E-state index in [0.717, 1.165) is 17.3 Å². The lowest BCUT2D eigenvalue weighted by Crippen LogP contribution is -1.98. The smallest absolute Gasteiger partial charge is 0.142 e. The number of aryl methyl sites for hydroxylation is 1. The molecule has 3 nitrogen and oxygen atoms in total.